The number of rotatable bonds is 7. The second-order valence-corrected chi connectivity index (χ2v) is 7.78. The zero-order valence-corrected chi connectivity index (χ0v) is 16.1. The Morgan fingerprint density at radius 1 is 1.43 bits per heavy atom. The van der Waals surface area contributed by atoms with Crippen molar-refractivity contribution in [2.45, 2.75) is 51.6 Å². The molecule has 3 unspecified atom stereocenters. The van der Waals surface area contributed by atoms with Crippen molar-refractivity contribution >= 4 is 17.7 Å². The van der Waals surface area contributed by atoms with Crippen LogP contribution in [0.25, 0.3) is 0 Å². The van der Waals surface area contributed by atoms with E-state index >= 15 is 0 Å². The zero-order valence-electron chi connectivity index (χ0n) is 16.1. The van der Waals surface area contributed by atoms with Gasteiger partial charge in [-0.1, -0.05) is 24.9 Å². The summed E-state index contributed by atoms with van der Waals surface area (Å²) >= 11 is 0. The second kappa shape index (κ2) is 8.42. The Kier molecular flexibility index (Phi) is 5.97. The van der Waals surface area contributed by atoms with Crippen molar-refractivity contribution in [1.29, 1.82) is 5.26 Å². The summed E-state index contributed by atoms with van der Waals surface area (Å²) in [4.78, 5) is 38.9. The summed E-state index contributed by atoms with van der Waals surface area (Å²) in [6.45, 7) is 3.99. The fourth-order valence-electron chi connectivity index (χ4n) is 3.46. The minimum atomic E-state index is -0.742. The van der Waals surface area contributed by atoms with Gasteiger partial charge in [-0.05, 0) is 31.6 Å². The standard InChI is InChI=1S/C19H25N5O4/c1-11-5-14(8-20)24(10-11)17(25)9-21-18(26)15(7-13-3-4-13)22-19(27)16-6-12(2)28-23-16/h6,11,13-15H,3-5,7,9-10H2,1-2H3,(H,21,26)(H,22,27). The number of carbonyl (C=O) groups excluding carboxylic acids is 3. The van der Waals surface area contributed by atoms with Gasteiger partial charge in [-0.25, -0.2) is 0 Å². The predicted molar refractivity (Wildman–Crippen MR) is 97.7 cm³/mol. The highest BCUT2D eigenvalue weighted by molar-refractivity contribution is 5.96. The van der Waals surface area contributed by atoms with E-state index in [1.165, 1.54) is 11.0 Å². The smallest absolute Gasteiger partial charge is 0.274 e. The molecule has 2 aliphatic rings. The first-order chi connectivity index (χ1) is 13.4. The SMILES string of the molecule is Cc1cc(C(=O)NC(CC2CC2)C(=O)NCC(=O)N2CC(C)CC2C#N)no1. The van der Waals surface area contributed by atoms with Crippen molar-refractivity contribution in [3.05, 3.63) is 17.5 Å². The van der Waals surface area contributed by atoms with E-state index in [9.17, 15) is 19.6 Å². The lowest BCUT2D eigenvalue weighted by atomic mass is 10.1. The number of aryl methyl sites for hydroxylation is 1. The number of amides is 3. The highest BCUT2D eigenvalue weighted by atomic mass is 16.5. The first kappa shape index (κ1) is 19.9. The van der Waals surface area contributed by atoms with E-state index < -0.39 is 23.9 Å². The van der Waals surface area contributed by atoms with Gasteiger partial charge >= 0.3 is 0 Å². The Morgan fingerprint density at radius 3 is 2.79 bits per heavy atom. The summed E-state index contributed by atoms with van der Waals surface area (Å²) in [6, 6.07) is 2.45. The summed E-state index contributed by atoms with van der Waals surface area (Å²) in [5, 5.41) is 18.2. The first-order valence-electron chi connectivity index (χ1n) is 9.58. The summed E-state index contributed by atoms with van der Waals surface area (Å²) in [6.07, 6.45) is 3.21. The van der Waals surface area contributed by atoms with Crippen LogP contribution in [0.15, 0.2) is 10.6 Å². The number of hydrogen-bond donors (Lipinski definition) is 2. The number of hydrogen-bond acceptors (Lipinski definition) is 6. The summed E-state index contributed by atoms with van der Waals surface area (Å²) in [5.74, 6) is -0.0134. The van der Waals surface area contributed by atoms with E-state index in [0.29, 0.717) is 31.1 Å². The lowest BCUT2D eigenvalue weighted by Gasteiger charge is -2.21. The third-order valence-corrected chi connectivity index (χ3v) is 5.14. The van der Waals surface area contributed by atoms with Crippen molar-refractivity contribution in [1.82, 2.24) is 20.7 Å². The van der Waals surface area contributed by atoms with Crippen LogP contribution in [0.3, 0.4) is 0 Å². The fourth-order valence-corrected chi connectivity index (χ4v) is 3.46. The van der Waals surface area contributed by atoms with Crippen LogP contribution in [0.5, 0.6) is 0 Å². The number of carbonyl (C=O) groups is 3. The van der Waals surface area contributed by atoms with Gasteiger partial charge in [0, 0.05) is 12.6 Å². The van der Waals surface area contributed by atoms with Crippen LogP contribution in [0.2, 0.25) is 0 Å². The van der Waals surface area contributed by atoms with Gasteiger partial charge < -0.3 is 20.1 Å². The van der Waals surface area contributed by atoms with Gasteiger partial charge in [0.25, 0.3) is 5.91 Å². The van der Waals surface area contributed by atoms with Crippen LogP contribution >= 0.6 is 0 Å². The van der Waals surface area contributed by atoms with Gasteiger partial charge in [0.2, 0.25) is 11.8 Å². The average Bonchev–Trinajstić information content (AvgIpc) is 3.24. The van der Waals surface area contributed by atoms with Crippen LogP contribution in [-0.2, 0) is 9.59 Å². The maximum absolute atomic E-state index is 12.6. The van der Waals surface area contributed by atoms with Crippen molar-refractivity contribution in [2.24, 2.45) is 11.8 Å². The molecule has 150 valence electrons. The summed E-state index contributed by atoms with van der Waals surface area (Å²) in [7, 11) is 0. The quantitative estimate of drug-likeness (QED) is 0.711. The first-order valence-corrected chi connectivity index (χ1v) is 9.58. The summed E-state index contributed by atoms with van der Waals surface area (Å²) < 4.78 is 4.90. The minimum Gasteiger partial charge on any atom is -0.361 e. The molecule has 2 heterocycles. The second-order valence-electron chi connectivity index (χ2n) is 7.78. The molecule has 28 heavy (non-hydrogen) atoms. The number of aromatic nitrogens is 1. The molecule has 9 nitrogen and oxygen atoms in total. The zero-order chi connectivity index (χ0) is 20.3. The minimum absolute atomic E-state index is 0.116. The molecule has 9 heteroatoms. The molecule has 2 fully saturated rings. The van der Waals surface area contributed by atoms with E-state index in [4.69, 9.17) is 4.52 Å². The molecule has 3 amide bonds. The molecule has 1 aliphatic heterocycles. The summed E-state index contributed by atoms with van der Waals surface area (Å²) in [5.41, 5.74) is 0.116. The molecule has 0 bridgehead atoms. The van der Waals surface area contributed by atoms with Gasteiger partial charge in [0.05, 0.1) is 12.6 Å². The number of nitriles is 1. The molecular formula is C19H25N5O4. The van der Waals surface area contributed by atoms with Crippen LogP contribution in [-0.4, -0.2) is 53.0 Å². The van der Waals surface area contributed by atoms with E-state index in [0.717, 1.165) is 12.8 Å². The molecule has 3 rings (SSSR count). The Labute approximate surface area is 163 Å². The van der Waals surface area contributed by atoms with E-state index in [2.05, 4.69) is 21.9 Å². The van der Waals surface area contributed by atoms with Gasteiger partial charge in [-0.3, -0.25) is 14.4 Å². The highest BCUT2D eigenvalue weighted by Gasteiger charge is 2.34. The van der Waals surface area contributed by atoms with Gasteiger partial charge in [-0.15, -0.1) is 0 Å². The Bertz CT molecular complexity index is 794. The van der Waals surface area contributed by atoms with Crippen LogP contribution in [0, 0.1) is 30.1 Å². The Balaban J connectivity index is 1.56. The fraction of sp³-hybridized carbons (Fsp3) is 0.632. The lowest BCUT2D eigenvalue weighted by Crippen LogP contribution is -2.50. The predicted octanol–water partition coefficient (Wildman–Crippen LogP) is 0.758. The Morgan fingerprint density at radius 2 is 2.18 bits per heavy atom. The molecule has 1 aromatic heterocycles. The molecule has 0 radical (unpaired) electrons. The lowest BCUT2D eigenvalue weighted by molar-refractivity contribution is -0.133. The third-order valence-electron chi connectivity index (χ3n) is 5.14. The molecule has 2 N–H and O–H groups in total. The number of nitrogens with zero attached hydrogens (tertiary/aromatic N) is 3. The monoisotopic (exact) mass is 387 g/mol. The van der Waals surface area contributed by atoms with E-state index in [1.54, 1.807) is 6.92 Å². The highest BCUT2D eigenvalue weighted by Crippen LogP contribution is 2.33. The molecule has 3 atom stereocenters. The molecular weight excluding hydrogens is 362 g/mol. The van der Waals surface area contributed by atoms with E-state index in [-0.39, 0.29) is 24.1 Å². The van der Waals surface area contributed by atoms with Crippen LogP contribution in [0.4, 0.5) is 0 Å². The molecule has 1 saturated heterocycles. The molecule has 1 aliphatic carbocycles. The van der Waals surface area contributed by atoms with Gasteiger partial charge in [0.15, 0.2) is 5.69 Å². The molecule has 1 aromatic rings. The van der Waals surface area contributed by atoms with Crippen molar-refractivity contribution in [2.75, 3.05) is 13.1 Å². The van der Waals surface area contributed by atoms with Gasteiger partial charge in [0.1, 0.15) is 17.8 Å². The maximum atomic E-state index is 12.6. The average molecular weight is 387 g/mol. The van der Waals surface area contributed by atoms with Crippen molar-refractivity contribution in [3.63, 3.8) is 0 Å². The molecule has 1 saturated carbocycles. The third kappa shape index (κ3) is 4.88. The maximum Gasteiger partial charge on any atom is 0.274 e. The van der Waals surface area contributed by atoms with Crippen LogP contribution < -0.4 is 10.6 Å². The molecule has 0 spiro atoms. The largest absolute Gasteiger partial charge is 0.361 e. The number of likely N-dealkylation sites (tertiary alicyclic amines) is 1. The normalized spacial score (nSPS) is 22.4. The van der Waals surface area contributed by atoms with Crippen LogP contribution in [0.1, 0.15) is 48.9 Å². The van der Waals surface area contributed by atoms with E-state index in [1.807, 2.05) is 6.92 Å². The number of nitrogens with one attached hydrogen (secondary N) is 2. The molecule has 0 aromatic carbocycles. The van der Waals surface area contributed by atoms with Crippen molar-refractivity contribution in [3.8, 4) is 6.07 Å². The topological polar surface area (TPSA) is 128 Å². The Hall–Kier alpha value is -2.89. The van der Waals surface area contributed by atoms with Crippen molar-refractivity contribution < 1.29 is 18.9 Å². The van der Waals surface area contributed by atoms with Gasteiger partial charge in [-0.2, -0.15) is 5.26 Å².